The average Bonchev–Trinajstić information content (AvgIpc) is 3.31. The van der Waals surface area contributed by atoms with Crippen LogP contribution in [0.15, 0.2) is 28.4 Å². The van der Waals surface area contributed by atoms with Crippen molar-refractivity contribution in [2.45, 2.75) is 53.4 Å². The van der Waals surface area contributed by atoms with E-state index in [1.54, 1.807) is 19.9 Å². The second kappa shape index (κ2) is 16.0. The fourth-order valence-electron chi connectivity index (χ4n) is 3.17. The summed E-state index contributed by atoms with van der Waals surface area (Å²) in [5.41, 5.74) is 2.48. The Morgan fingerprint density at radius 1 is 1.03 bits per heavy atom. The third kappa shape index (κ3) is 8.73. The number of esters is 3. The van der Waals surface area contributed by atoms with Crippen molar-refractivity contribution < 1.29 is 68.4 Å². The number of allylic oxidation sites excluding steroid dienone is 2. The molecule has 9 heteroatoms. The van der Waals surface area contributed by atoms with E-state index in [1.165, 1.54) is 7.11 Å². The van der Waals surface area contributed by atoms with Gasteiger partial charge < -0.3 is 24.5 Å². The Labute approximate surface area is 205 Å². The van der Waals surface area contributed by atoms with E-state index in [4.69, 9.17) is 9.47 Å². The van der Waals surface area contributed by atoms with Crippen LogP contribution in [-0.4, -0.2) is 49.5 Å². The molecule has 0 aromatic heterocycles. The number of rotatable bonds is 7. The molecule has 1 unspecified atom stereocenters. The zero-order valence-electron chi connectivity index (χ0n) is 19.2. The summed E-state index contributed by atoms with van der Waals surface area (Å²) in [5.74, 6) is -1.35. The first-order valence-electron chi connectivity index (χ1n) is 9.82. The molecule has 8 nitrogen and oxygen atoms in total. The molecule has 0 aromatic carbocycles. The third-order valence-corrected chi connectivity index (χ3v) is 4.55. The van der Waals surface area contributed by atoms with Gasteiger partial charge in [0, 0.05) is 6.42 Å². The van der Waals surface area contributed by atoms with Crippen molar-refractivity contribution in [3.05, 3.63) is 34.4 Å². The zero-order chi connectivity index (χ0) is 22.0. The van der Waals surface area contributed by atoms with E-state index in [2.05, 4.69) is 10.8 Å². The Kier molecular flexibility index (Phi) is 16.2. The van der Waals surface area contributed by atoms with Crippen molar-refractivity contribution in [2.24, 2.45) is 5.92 Å². The number of methoxy groups -OCH3 is 1. The van der Waals surface area contributed by atoms with Gasteiger partial charge in [-0.2, -0.15) is 6.08 Å². The van der Waals surface area contributed by atoms with Gasteiger partial charge in [0.15, 0.2) is 5.78 Å². The average molecular weight is 445 g/mol. The molecule has 0 saturated heterocycles. The van der Waals surface area contributed by atoms with Gasteiger partial charge in [0.1, 0.15) is 0 Å². The van der Waals surface area contributed by atoms with E-state index >= 15 is 0 Å². The van der Waals surface area contributed by atoms with E-state index < -0.39 is 5.97 Å². The molecule has 0 fully saturated rings. The molecule has 0 spiro atoms. The molecule has 0 aromatic rings. The van der Waals surface area contributed by atoms with Crippen molar-refractivity contribution in [1.82, 2.24) is 0 Å². The second-order valence-corrected chi connectivity index (χ2v) is 6.30. The van der Waals surface area contributed by atoms with Gasteiger partial charge in [0.2, 0.25) is 5.97 Å². The van der Waals surface area contributed by atoms with Crippen molar-refractivity contribution in [3.8, 4) is 0 Å². The molecule has 1 atom stereocenters. The summed E-state index contributed by atoms with van der Waals surface area (Å²) in [5, 5.41) is 0. The minimum absolute atomic E-state index is 0. The Bertz CT molecular complexity index is 749. The van der Waals surface area contributed by atoms with Crippen molar-refractivity contribution in [1.29, 1.82) is 0 Å². The number of carbonyl (C=O) groups excluding carboxylic acids is 4. The molecule has 0 aliphatic heterocycles. The zero-order valence-corrected chi connectivity index (χ0v) is 21.2. The molecular formula is C22H30NaO8-. The molecule has 0 saturated carbocycles. The Morgan fingerprint density at radius 2 is 1.65 bits per heavy atom. The van der Waals surface area contributed by atoms with Crippen molar-refractivity contribution in [2.75, 3.05) is 20.3 Å². The van der Waals surface area contributed by atoms with Gasteiger partial charge in [0.05, 0.1) is 26.2 Å². The van der Waals surface area contributed by atoms with Gasteiger partial charge in [-0.25, -0.2) is 4.79 Å². The summed E-state index contributed by atoms with van der Waals surface area (Å²) in [7, 11) is 1.31. The first-order valence-corrected chi connectivity index (χ1v) is 9.82. The van der Waals surface area contributed by atoms with E-state index in [0.717, 1.165) is 12.0 Å². The van der Waals surface area contributed by atoms with Gasteiger partial charge >= 0.3 is 41.5 Å². The van der Waals surface area contributed by atoms with Crippen LogP contribution in [-0.2, 0) is 33.4 Å². The molecule has 0 amide bonds. The first kappa shape index (κ1) is 31.4. The third-order valence-electron chi connectivity index (χ3n) is 4.55. The van der Waals surface area contributed by atoms with E-state index in [1.807, 2.05) is 13.8 Å². The summed E-state index contributed by atoms with van der Waals surface area (Å²) in [4.78, 5) is 45.4. The van der Waals surface area contributed by atoms with Crippen LogP contribution >= 0.6 is 0 Å². The smallest absolute Gasteiger partial charge is 0.870 e. The Balaban J connectivity index is 0. The molecule has 2 aliphatic carbocycles. The monoisotopic (exact) mass is 445 g/mol. The molecular weight excluding hydrogens is 415 g/mol. The van der Waals surface area contributed by atoms with Crippen molar-refractivity contribution >= 4 is 23.7 Å². The molecule has 31 heavy (non-hydrogen) atoms. The maximum atomic E-state index is 11.6. The van der Waals surface area contributed by atoms with E-state index in [0.29, 0.717) is 49.2 Å². The van der Waals surface area contributed by atoms with E-state index in [-0.39, 0.29) is 58.7 Å². The van der Waals surface area contributed by atoms with Crippen LogP contribution in [0.2, 0.25) is 0 Å². The number of ether oxygens (including phenoxy) is 3. The van der Waals surface area contributed by atoms with Crippen LogP contribution in [0.1, 0.15) is 53.4 Å². The molecule has 0 radical (unpaired) electrons. The number of hydrogen-bond donors (Lipinski definition) is 0. The van der Waals surface area contributed by atoms with Crippen LogP contribution < -0.4 is 29.6 Å². The standard InChI is InChI=1S/C12H15O4.C10H14O3.Na.H2O/c1-4-8-9(11(13)15-3)6-7-10(8)12(14)16-5-2;1-3-7-5-8(11)6-9(7)10(12)13-4-2;;/h4-5,7H2,1-3H3;5,9H,3-4,6H2,1-2H3;;1H2/q-1;;+1;/p-1. The fourth-order valence-corrected chi connectivity index (χ4v) is 3.17. The van der Waals surface area contributed by atoms with Gasteiger partial charge in [0.25, 0.3) is 0 Å². The van der Waals surface area contributed by atoms with Crippen LogP contribution in [0.3, 0.4) is 0 Å². The summed E-state index contributed by atoms with van der Waals surface area (Å²) < 4.78 is 14.4. The van der Waals surface area contributed by atoms with Crippen LogP contribution in [0.5, 0.6) is 0 Å². The quantitative estimate of drug-likeness (QED) is 0.230. The summed E-state index contributed by atoms with van der Waals surface area (Å²) in [6.45, 7) is 8.04. The number of hydrogen-bond acceptors (Lipinski definition) is 8. The topological polar surface area (TPSA) is 126 Å². The molecule has 2 aliphatic rings. The van der Waals surface area contributed by atoms with Gasteiger partial charge in [-0.05, 0) is 31.9 Å². The van der Waals surface area contributed by atoms with Crippen LogP contribution in [0.25, 0.3) is 0 Å². The minimum Gasteiger partial charge on any atom is -0.870 e. The maximum Gasteiger partial charge on any atom is 1.00 e. The molecule has 168 valence electrons. The first-order chi connectivity index (χ1) is 13.8. The molecule has 2 rings (SSSR count). The van der Waals surface area contributed by atoms with E-state index in [9.17, 15) is 19.2 Å². The minimum atomic E-state index is -0.448. The number of ketones is 1. The summed E-state index contributed by atoms with van der Waals surface area (Å²) in [6.07, 6.45) is 6.39. The Morgan fingerprint density at radius 3 is 2.13 bits per heavy atom. The van der Waals surface area contributed by atoms with Crippen LogP contribution in [0.4, 0.5) is 0 Å². The molecule has 1 N–H and O–H groups in total. The SMILES string of the molecule is CCOC(=O)C1=C(CC)C(C(=O)OC)=[C-]C1.CCOC(=O)C1CC(=O)C=C1CC.[Na+].[OH-]. The predicted octanol–water partition coefficient (Wildman–Crippen LogP) is -0.136. The van der Waals surface area contributed by atoms with Crippen molar-refractivity contribution in [3.63, 3.8) is 0 Å². The second-order valence-electron chi connectivity index (χ2n) is 6.30. The van der Waals surface area contributed by atoms with Crippen LogP contribution in [0, 0.1) is 12.0 Å². The van der Waals surface area contributed by atoms with Gasteiger partial charge in [-0.3, -0.25) is 9.59 Å². The van der Waals surface area contributed by atoms with Gasteiger partial charge in [-0.1, -0.05) is 32.3 Å². The molecule has 0 heterocycles. The number of carbonyl (C=O) groups is 4. The molecule has 0 bridgehead atoms. The largest absolute Gasteiger partial charge is 1.00 e. The summed E-state index contributed by atoms with van der Waals surface area (Å²) in [6, 6.07) is 0. The predicted molar refractivity (Wildman–Crippen MR) is 107 cm³/mol. The summed E-state index contributed by atoms with van der Waals surface area (Å²) >= 11 is 0. The Hall–Kier alpha value is -1.74. The normalized spacial score (nSPS) is 16.7. The maximum absolute atomic E-state index is 11.6. The van der Waals surface area contributed by atoms with Gasteiger partial charge in [-0.15, -0.1) is 11.1 Å². The fraction of sp³-hybridized carbons (Fsp3) is 0.545.